The number of likely N-dealkylation sites (N-methyl/N-ethyl adjacent to an activating group) is 1. The lowest BCUT2D eigenvalue weighted by Gasteiger charge is -2.35. The fourth-order valence-corrected chi connectivity index (χ4v) is 2.81. The van der Waals surface area contributed by atoms with Crippen molar-refractivity contribution < 1.29 is 14.2 Å². The fourth-order valence-electron chi connectivity index (χ4n) is 2.81. The molecule has 0 N–H and O–H groups in total. The van der Waals surface area contributed by atoms with Crippen molar-refractivity contribution in [2.45, 2.75) is 24.9 Å². The largest absolute Gasteiger partial charge is 0.369 e. The van der Waals surface area contributed by atoms with Gasteiger partial charge in [-0.05, 0) is 6.54 Å². The number of fused-ring (bicyclic) bond motifs is 1. The normalized spacial score (nSPS) is 37.2. The molecule has 0 aliphatic carbocycles. The smallest absolute Gasteiger partial charge is 0.210 e. The molecule has 0 aromatic heterocycles. The Bertz CT molecular complexity index is 298. The Kier molecular flexibility index (Phi) is 3.17. The summed E-state index contributed by atoms with van der Waals surface area (Å²) in [5, 5.41) is 9.10. The van der Waals surface area contributed by atoms with Gasteiger partial charge in [0, 0.05) is 20.8 Å². The summed E-state index contributed by atoms with van der Waals surface area (Å²) in [4.78, 5) is 2.21. The topological polar surface area (TPSA) is 54.7 Å². The molecule has 0 amide bonds. The molecule has 0 radical (unpaired) electrons. The van der Waals surface area contributed by atoms with Crippen molar-refractivity contribution in [1.29, 1.82) is 5.26 Å². The molecule has 16 heavy (non-hydrogen) atoms. The first-order chi connectivity index (χ1) is 7.72. The second kappa shape index (κ2) is 4.30. The Morgan fingerprint density at radius 2 is 2.19 bits per heavy atom. The van der Waals surface area contributed by atoms with Gasteiger partial charge < -0.3 is 14.2 Å². The zero-order valence-corrected chi connectivity index (χ0v) is 9.97. The van der Waals surface area contributed by atoms with Crippen molar-refractivity contribution in [2.75, 3.05) is 33.9 Å². The van der Waals surface area contributed by atoms with Crippen molar-refractivity contribution >= 4 is 0 Å². The highest BCUT2D eigenvalue weighted by molar-refractivity contribution is 5.11. The van der Waals surface area contributed by atoms with Gasteiger partial charge in [0.2, 0.25) is 5.79 Å². The van der Waals surface area contributed by atoms with Crippen molar-refractivity contribution in [3.8, 4) is 6.07 Å². The average molecular weight is 226 g/mol. The molecule has 0 bridgehead atoms. The predicted molar refractivity (Wildman–Crippen MR) is 56.6 cm³/mol. The zero-order chi connectivity index (χ0) is 11.8. The third-order valence-corrected chi connectivity index (χ3v) is 3.72. The molecule has 2 heterocycles. The van der Waals surface area contributed by atoms with Gasteiger partial charge in [0.25, 0.3) is 0 Å². The molecule has 90 valence electrons. The van der Waals surface area contributed by atoms with E-state index in [2.05, 4.69) is 17.9 Å². The number of methoxy groups -OCH3 is 2. The standard InChI is InChI=1S/C11H18N2O3/c1-4-13-6-8(5-12)9-10(13)11(14-2,15-3)7-16-9/h8-10H,4,6-7H2,1-3H3. The molecule has 3 atom stereocenters. The molecule has 2 rings (SSSR count). The monoisotopic (exact) mass is 226 g/mol. The van der Waals surface area contributed by atoms with Crippen LogP contribution in [-0.2, 0) is 14.2 Å². The van der Waals surface area contributed by atoms with E-state index in [0.29, 0.717) is 6.61 Å². The summed E-state index contributed by atoms with van der Waals surface area (Å²) in [6.07, 6.45) is -0.0927. The van der Waals surface area contributed by atoms with Crippen LogP contribution >= 0.6 is 0 Å². The molecule has 0 aromatic carbocycles. The van der Waals surface area contributed by atoms with E-state index in [1.54, 1.807) is 14.2 Å². The number of likely N-dealkylation sites (tertiary alicyclic amines) is 1. The van der Waals surface area contributed by atoms with Crippen LogP contribution in [-0.4, -0.2) is 56.7 Å². The maximum atomic E-state index is 9.10. The summed E-state index contributed by atoms with van der Waals surface area (Å²) in [7, 11) is 3.26. The molecule has 2 fully saturated rings. The minimum Gasteiger partial charge on any atom is -0.369 e. The van der Waals surface area contributed by atoms with E-state index >= 15 is 0 Å². The summed E-state index contributed by atoms with van der Waals surface area (Å²) < 4.78 is 16.7. The maximum Gasteiger partial charge on any atom is 0.210 e. The van der Waals surface area contributed by atoms with Crippen LogP contribution < -0.4 is 0 Å². The summed E-state index contributed by atoms with van der Waals surface area (Å²) in [5.41, 5.74) is 0. The van der Waals surface area contributed by atoms with E-state index < -0.39 is 5.79 Å². The van der Waals surface area contributed by atoms with Crippen molar-refractivity contribution in [1.82, 2.24) is 4.90 Å². The molecule has 2 aliphatic heterocycles. The van der Waals surface area contributed by atoms with E-state index in [0.717, 1.165) is 13.1 Å². The van der Waals surface area contributed by atoms with Gasteiger partial charge in [0.05, 0.1) is 24.1 Å². The Labute approximate surface area is 95.9 Å². The Morgan fingerprint density at radius 3 is 2.69 bits per heavy atom. The van der Waals surface area contributed by atoms with Crippen LogP contribution in [0, 0.1) is 17.2 Å². The van der Waals surface area contributed by atoms with E-state index in [9.17, 15) is 0 Å². The SMILES string of the molecule is CCN1CC(C#N)C2OCC(OC)(OC)C21. The summed E-state index contributed by atoms with van der Waals surface area (Å²) in [6.45, 7) is 4.07. The second-order valence-corrected chi connectivity index (χ2v) is 4.26. The van der Waals surface area contributed by atoms with Gasteiger partial charge >= 0.3 is 0 Å². The van der Waals surface area contributed by atoms with Crippen molar-refractivity contribution in [3.05, 3.63) is 0 Å². The van der Waals surface area contributed by atoms with Crippen LogP contribution in [0.5, 0.6) is 0 Å². The molecule has 0 saturated carbocycles. The number of hydrogen-bond donors (Lipinski definition) is 0. The van der Waals surface area contributed by atoms with Crippen LogP contribution in [0.1, 0.15) is 6.92 Å². The first-order valence-electron chi connectivity index (χ1n) is 5.58. The molecule has 5 heteroatoms. The zero-order valence-electron chi connectivity index (χ0n) is 9.97. The number of nitriles is 1. The van der Waals surface area contributed by atoms with E-state index in [4.69, 9.17) is 19.5 Å². The third-order valence-electron chi connectivity index (χ3n) is 3.72. The third kappa shape index (κ3) is 1.45. The minimum atomic E-state index is -0.716. The van der Waals surface area contributed by atoms with Crippen molar-refractivity contribution in [2.24, 2.45) is 5.92 Å². The van der Waals surface area contributed by atoms with Gasteiger partial charge in [-0.3, -0.25) is 4.90 Å². The van der Waals surface area contributed by atoms with Crippen LogP contribution in [0.15, 0.2) is 0 Å². The highest BCUT2D eigenvalue weighted by Crippen LogP contribution is 2.40. The molecule has 5 nitrogen and oxygen atoms in total. The Morgan fingerprint density at radius 1 is 1.50 bits per heavy atom. The van der Waals surface area contributed by atoms with Crippen LogP contribution in [0.2, 0.25) is 0 Å². The van der Waals surface area contributed by atoms with Gasteiger partial charge in [0.1, 0.15) is 6.61 Å². The number of hydrogen-bond acceptors (Lipinski definition) is 5. The molecule has 3 unspecified atom stereocenters. The molecule has 0 spiro atoms. The average Bonchev–Trinajstić information content (AvgIpc) is 2.86. The molecular weight excluding hydrogens is 208 g/mol. The second-order valence-electron chi connectivity index (χ2n) is 4.26. The maximum absolute atomic E-state index is 9.10. The lowest BCUT2D eigenvalue weighted by atomic mass is 10.00. The van der Waals surface area contributed by atoms with Crippen LogP contribution in [0.3, 0.4) is 0 Å². The summed E-state index contributed by atoms with van der Waals surface area (Å²) >= 11 is 0. The van der Waals surface area contributed by atoms with Crippen LogP contribution in [0.4, 0.5) is 0 Å². The van der Waals surface area contributed by atoms with E-state index in [-0.39, 0.29) is 18.1 Å². The summed E-state index contributed by atoms with van der Waals surface area (Å²) in [6, 6.07) is 2.33. The lowest BCUT2D eigenvalue weighted by molar-refractivity contribution is -0.226. The first-order valence-corrected chi connectivity index (χ1v) is 5.58. The molecule has 0 aromatic rings. The highest BCUT2D eigenvalue weighted by Gasteiger charge is 2.59. The van der Waals surface area contributed by atoms with Crippen molar-refractivity contribution in [3.63, 3.8) is 0 Å². The van der Waals surface area contributed by atoms with Gasteiger partial charge in [-0.25, -0.2) is 0 Å². The predicted octanol–water partition coefficient (Wildman–Crippen LogP) is 0.218. The fraction of sp³-hybridized carbons (Fsp3) is 0.909. The molecule has 2 aliphatic rings. The minimum absolute atomic E-state index is 0.0251. The molecule has 2 saturated heterocycles. The van der Waals surface area contributed by atoms with Gasteiger partial charge in [-0.1, -0.05) is 6.92 Å². The number of nitrogens with zero attached hydrogens (tertiary/aromatic N) is 2. The Balaban J connectivity index is 2.28. The van der Waals surface area contributed by atoms with Gasteiger partial charge in [0.15, 0.2) is 0 Å². The highest BCUT2D eigenvalue weighted by atomic mass is 16.7. The van der Waals surface area contributed by atoms with E-state index in [1.807, 2.05) is 0 Å². The number of rotatable bonds is 3. The van der Waals surface area contributed by atoms with E-state index in [1.165, 1.54) is 0 Å². The Hall–Kier alpha value is -0.670. The quantitative estimate of drug-likeness (QED) is 0.644. The lowest BCUT2D eigenvalue weighted by Crippen LogP contribution is -2.53. The van der Waals surface area contributed by atoms with Gasteiger partial charge in [-0.15, -0.1) is 0 Å². The summed E-state index contributed by atoms with van der Waals surface area (Å²) in [5.74, 6) is -0.802. The number of ether oxygens (including phenoxy) is 3. The van der Waals surface area contributed by atoms with Gasteiger partial charge in [-0.2, -0.15) is 5.26 Å². The first kappa shape index (κ1) is 11.8. The van der Waals surface area contributed by atoms with Crippen LogP contribution in [0.25, 0.3) is 0 Å². The molecular formula is C11H18N2O3.